The van der Waals surface area contributed by atoms with Crippen LogP contribution in [0.4, 0.5) is 0 Å². The Hall–Kier alpha value is -1.22. The molecule has 0 N–H and O–H groups in total. The summed E-state index contributed by atoms with van der Waals surface area (Å²) in [5.41, 5.74) is 5.46. The van der Waals surface area contributed by atoms with E-state index in [1.807, 2.05) is 0 Å². The lowest BCUT2D eigenvalue weighted by molar-refractivity contribution is 0.222. The maximum atomic E-state index is 6.07. The minimum atomic E-state index is 0. The SMILES string of the molecule is CCN(CC)CCOc1cccc2c1Cc1ccccc1-2.Cl.Cl. The number of hydrogen-bond donors (Lipinski definition) is 0. The number of benzene rings is 2. The highest BCUT2D eigenvalue weighted by atomic mass is 35.5. The van der Waals surface area contributed by atoms with Crippen molar-refractivity contribution >= 4 is 24.8 Å². The maximum absolute atomic E-state index is 6.07. The number of nitrogens with zero attached hydrogens (tertiary/aromatic N) is 1. The van der Waals surface area contributed by atoms with Gasteiger partial charge in [0.05, 0.1) is 0 Å². The molecule has 126 valence electrons. The van der Waals surface area contributed by atoms with Gasteiger partial charge in [0.15, 0.2) is 0 Å². The van der Waals surface area contributed by atoms with Gasteiger partial charge in [0, 0.05) is 18.5 Å². The fraction of sp³-hybridized carbons (Fsp3) is 0.368. The number of hydrogen-bond acceptors (Lipinski definition) is 2. The third-order valence-electron chi connectivity index (χ3n) is 4.37. The van der Waals surface area contributed by atoms with Crippen molar-refractivity contribution in [2.45, 2.75) is 20.3 Å². The lowest BCUT2D eigenvalue weighted by Gasteiger charge is -2.18. The van der Waals surface area contributed by atoms with E-state index < -0.39 is 0 Å². The lowest BCUT2D eigenvalue weighted by atomic mass is 10.1. The van der Waals surface area contributed by atoms with Gasteiger partial charge in [-0.25, -0.2) is 0 Å². The predicted octanol–water partition coefficient (Wildman–Crippen LogP) is 4.82. The number of fused-ring (bicyclic) bond motifs is 3. The Morgan fingerprint density at radius 3 is 2.35 bits per heavy atom. The van der Waals surface area contributed by atoms with Gasteiger partial charge in [-0.3, -0.25) is 0 Å². The average molecular weight is 354 g/mol. The highest BCUT2D eigenvalue weighted by Gasteiger charge is 2.21. The number of rotatable bonds is 6. The summed E-state index contributed by atoms with van der Waals surface area (Å²) in [6.45, 7) is 8.30. The zero-order valence-corrected chi connectivity index (χ0v) is 15.4. The van der Waals surface area contributed by atoms with Crippen molar-refractivity contribution in [3.63, 3.8) is 0 Å². The molecule has 1 aliphatic rings. The first-order valence-electron chi connectivity index (χ1n) is 7.88. The van der Waals surface area contributed by atoms with E-state index in [2.05, 4.69) is 61.2 Å². The summed E-state index contributed by atoms with van der Waals surface area (Å²) in [7, 11) is 0. The van der Waals surface area contributed by atoms with Gasteiger partial charge >= 0.3 is 0 Å². The van der Waals surface area contributed by atoms with Crippen LogP contribution in [-0.4, -0.2) is 31.1 Å². The normalized spacial score (nSPS) is 11.3. The molecule has 0 aromatic heterocycles. The van der Waals surface area contributed by atoms with Gasteiger partial charge in [0.1, 0.15) is 12.4 Å². The van der Waals surface area contributed by atoms with Crippen LogP contribution in [-0.2, 0) is 6.42 Å². The molecule has 0 bridgehead atoms. The zero-order chi connectivity index (χ0) is 14.7. The molecule has 0 saturated carbocycles. The summed E-state index contributed by atoms with van der Waals surface area (Å²) in [5, 5.41) is 0. The predicted molar refractivity (Wildman–Crippen MR) is 102 cm³/mol. The molecular weight excluding hydrogens is 329 g/mol. The van der Waals surface area contributed by atoms with Gasteiger partial charge in [-0.05, 0) is 35.8 Å². The molecule has 2 aromatic carbocycles. The zero-order valence-electron chi connectivity index (χ0n) is 13.7. The van der Waals surface area contributed by atoms with Crippen molar-refractivity contribution in [2.75, 3.05) is 26.2 Å². The summed E-state index contributed by atoms with van der Waals surface area (Å²) >= 11 is 0. The Balaban J connectivity index is 0.00000132. The van der Waals surface area contributed by atoms with Crippen LogP contribution in [0.5, 0.6) is 5.75 Å². The number of likely N-dealkylation sites (N-methyl/N-ethyl adjacent to an activating group) is 1. The summed E-state index contributed by atoms with van der Waals surface area (Å²) in [5.74, 6) is 1.05. The smallest absolute Gasteiger partial charge is 0.123 e. The van der Waals surface area contributed by atoms with Gasteiger partial charge in [-0.2, -0.15) is 0 Å². The highest BCUT2D eigenvalue weighted by molar-refractivity contribution is 5.85. The van der Waals surface area contributed by atoms with Crippen molar-refractivity contribution in [3.8, 4) is 16.9 Å². The Kier molecular flexibility index (Phi) is 7.90. The van der Waals surface area contributed by atoms with E-state index in [0.29, 0.717) is 0 Å². The van der Waals surface area contributed by atoms with Gasteiger partial charge in [-0.1, -0.05) is 50.2 Å². The molecule has 0 spiro atoms. The van der Waals surface area contributed by atoms with E-state index in [0.717, 1.165) is 38.4 Å². The molecule has 0 aliphatic heterocycles. The first-order valence-corrected chi connectivity index (χ1v) is 7.88. The second kappa shape index (κ2) is 9.17. The highest BCUT2D eigenvalue weighted by Crippen LogP contribution is 2.40. The maximum Gasteiger partial charge on any atom is 0.123 e. The topological polar surface area (TPSA) is 12.5 Å². The molecule has 2 nitrogen and oxygen atoms in total. The molecule has 23 heavy (non-hydrogen) atoms. The molecule has 0 atom stereocenters. The summed E-state index contributed by atoms with van der Waals surface area (Å²) in [4.78, 5) is 2.39. The summed E-state index contributed by atoms with van der Waals surface area (Å²) in [6.07, 6.45) is 0.993. The quantitative estimate of drug-likeness (QED) is 0.629. The molecule has 0 saturated heterocycles. The molecule has 0 heterocycles. The van der Waals surface area contributed by atoms with Gasteiger partial charge in [0.2, 0.25) is 0 Å². The fourth-order valence-corrected chi connectivity index (χ4v) is 3.09. The third-order valence-corrected chi connectivity index (χ3v) is 4.37. The molecule has 2 aromatic rings. The number of halogens is 2. The monoisotopic (exact) mass is 353 g/mol. The van der Waals surface area contributed by atoms with Crippen LogP contribution in [0.15, 0.2) is 42.5 Å². The average Bonchev–Trinajstić information content (AvgIpc) is 2.91. The van der Waals surface area contributed by atoms with Crippen molar-refractivity contribution in [2.24, 2.45) is 0 Å². The van der Waals surface area contributed by atoms with Gasteiger partial charge in [0.25, 0.3) is 0 Å². The largest absolute Gasteiger partial charge is 0.492 e. The lowest BCUT2D eigenvalue weighted by Crippen LogP contribution is -2.28. The van der Waals surface area contributed by atoms with Crippen molar-refractivity contribution in [1.29, 1.82) is 0 Å². The Bertz CT molecular complexity index is 627. The van der Waals surface area contributed by atoms with Gasteiger partial charge < -0.3 is 9.64 Å². The van der Waals surface area contributed by atoms with Gasteiger partial charge in [-0.15, -0.1) is 24.8 Å². The van der Waals surface area contributed by atoms with Crippen LogP contribution in [0, 0.1) is 0 Å². The van der Waals surface area contributed by atoms with Crippen molar-refractivity contribution in [3.05, 3.63) is 53.6 Å². The minimum absolute atomic E-state index is 0. The molecule has 4 heteroatoms. The second-order valence-corrected chi connectivity index (χ2v) is 5.49. The van der Waals surface area contributed by atoms with Crippen LogP contribution >= 0.6 is 24.8 Å². The first kappa shape index (κ1) is 19.8. The molecular formula is C19H25Cl2NO. The van der Waals surface area contributed by atoms with Crippen LogP contribution in [0.1, 0.15) is 25.0 Å². The Morgan fingerprint density at radius 1 is 0.913 bits per heavy atom. The van der Waals surface area contributed by atoms with Crippen molar-refractivity contribution in [1.82, 2.24) is 4.90 Å². The van der Waals surface area contributed by atoms with Crippen LogP contribution in [0.2, 0.25) is 0 Å². The van der Waals surface area contributed by atoms with E-state index in [4.69, 9.17) is 4.74 Å². The van der Waals surface area contributed by atoms with E-state index in [9.17, 15) is 0 Å². The third kappa shape index (κ3) is 4.20. The Morgan fingerprint density at radius 2 is 1.61 bits per heavy atom. The fourth-order valence-electron chi connectivity index (χ4n) is 3.09. The second-order valence-electron chi connectivity index (χ2n) is 5.49. The van der Waals surface area contributed by atoms with E-state index >= 15 is 0 Å². The molecule has 3 rings (SSSR count). The minimum Gasteiger partial charge on any atom is -0.492 e. The molecule has 0 fully saturated rings. The standard InChI is InChI=1S/C19H23NO.2ClH/c1-3-20(4-2)12-13-21-19-11-7-10-17-16-9-6-5-8-15(16)14-18(17)19;;/h5-11H,3-4,12-14H2,1-2H3;2*1H. The first-order chi connectivity index (χ1) is 10.3. The number of ether oxygens (including phenoxy) is 1. The van der Waals surface area contributed by atoms with E-state index in [1.165, 1.54) is 22.3 Å². The Labute approximate surface area is 151 Å². The summed E-state index contributed by atoms with van der Waals surface area (Å²) in [6, 6.07) is 15.1. The molecule has 1 aliphatic carbocycles. The van der Waals surface area contributed by atoms with Crippen LogP contribution in [0.25, 0.3) is 11.1 Å². The van der Waals surface area contributed by atoms with Crippen LogP contribution < -0.4 is 4.74 Å². The molecule has 0 amide bonds. The summed E-state index contributed by atoms with van der Waals surface area (Å²) < 4.78 is 6.07. The van der Waals surface area contributed by atoms with Crippen molar-refractivity contribution < 1.29 is 4.74 Å². The van der Waals surface area contributed by atoms with E-state index in [-0.39, 0.29) is 24.8 Å². The molecule has 0 radical (unpaired) electrons. The van der Waals surface area contributed by atoms with Crippen LogP contribution in [0.3, 0.4) is 0 Å². The van der Waals surface area contributed by atoms with E-state index in [1.54, 1.807) is 0 Å². The molecule has 0 unspecified atom stereocenters.